The molecule has 3 heterocycles. The third kappa shape index (κ3) is 7.38. The van der Waals surface area contributed by atoms with Crippen LogP contribution >= 0.6 is 24.8 Å². The van der Waals surface area contributed by atoms with Gasteiger partial charge in [-0.1, -0.05) is 0 Å². The molecule has 0 saturated carbocycles. The maximum atomic E-state index is 13.0. The molecule has 33 heavy (non-hydrogen) atoms. The minimum Gasteiger partial charge on any atom is -0.439 e. The first kappa shape index (κ1) is 27.0. The number of halogens is 5. The molecule has 2 aliphatic heterocycles. The van der Waals surface area contributed by atoms with E-state index in [0.717, 1.165) is 51.2 Å². The molecule has 0 N–H and O–H groups in total. The number of pyridine rings is 1. The normalized spacial score (nSPS) is 18.4. The van der Waals surface area contributed by atoms with Gasteiger partial charge in [0.1, 0.15) is 11.5 Å². The van der Waals surface area contributed by atoms with Gasteiger partial charge in [0, 0.05) is 31.4 Å². The molecular weight excluding hydrogens is 482 g/mol. The standard InChI is InChI=1S/C22H24F3N3O3.2ClH/c23-22(24,25)31-19-8-6-18(7-9-19)30-20-10-5-16(14-26-20)21(29)28-13-3-4-17(28)15-27-11-1-2-12-27;;/h5-10,14,17H,1-4,11-13,15H2;2*1H/t17-;;/m0../s1. The van der Waals surface area contributed by atoms with E-state index in [1.54, 1.807) is 12.1 Å². The highest BCUT2D eigenvalue weighted by Gasteiger charge is 2.32. The van der Waals surface area contributed by atoms with Crippen LogP contribution in [0.3, 0.4) is 0 Å². The molecule has 11 heteroatoms. The Morgan fingerprint density at radius 3 is 2.24 bits per heavy atom. The molecule has 1 aromatic heterocycles. The topological polar surface area (TPSA) is 54.9 Å². The predicted molar refractivity (Wildman–Crippen MR) is 122 cm³/mol. The molecule has 1 amide bonds. The van der Waals surface area contributed by atoms with E-state index >= 15 is 0 Å². The number of amides is 1. The van der Waals surface area contributed by atoms with Crippen molar-refractivity contribution in [3.8, 4) is 17.4 Å². The van der Waals surface area contributed by atoms with Gasteiger partial charge < -0.3 is 19.3 Å². The molecular formula is C22H26Cl2F3N3O3. The number of alkyl halides is 3. The van der Waals surface area contributed by atoms with Gasteiger partial charge in [-0.3, -0.25) is 4.79 Å². The van der Waals surface area contributed by atoms with E-state index in [1.807, 2.05) is 4.90 Å². The van der Waals surface area contributed by atoms with Gasteiger partial charge in [-0.2, -0.15) is 0 Å². The smallest absolute Gasteiger partial charge is 0.439 e. The lowest BCUT2D eigenvalue weighted by atomic mass is 10.2. The largest absolute Gasteiger partial charge is 0.573 e. The Hall–Kier alpha value is -2.23. The van der Waals surface area contributed by atoms with Crippen LogP contribution in [0.2, 0.25) is 0 Å². The highest BCUT2D eigenvalue weighted by Crippen LogP contribution is 2.27. The zero-order valence-electron chi connectivity index (χ0n) is 17.8. The lowest BCUT2D eigenvalue weighted by Crippen LogP contribution is -2.42. The lowest BCUT2D eigenvalue weighted by molar-refractivity contribution is -0.274. The van der Waals surface area contributed by atoms with E-state index in [9.17, 15) is 18.0 Å². The van der Waals surface area contributed by atoms with Crippen LogP contribution in [0, 0.1) is 0 Å². The SMILES string of the molecule is Cl.Cl.O=C(c1ccc(Oc2ccc(OC(F)(F)F)cc2)nc1)N1CCC[C@H]1CN1CCCC1. The van der Waals surface area contributed by atoms with E-state index in [2.05, 4.69) is 14.6 Å². The molecule has 2 fully saturated rings. The van der Waals surface area contributed by atoms with Crippen molar-refractivity contribution in [2.24, 2.45) is 0 Å². The molecule has 2 saturated heterocycles. The highest BCUT2D eigenvalue weighted by atomic mass is 35.5. The Morgan fingerprint density at radius 2 is 1.64 bits per heavy atom. The molecule has 1 atom stereocenters. The summed E-state index contributed by atoms with van der Waals surface area (Å²) in [6, 6.07) is 8.52. The fourth-order valence-electron chi connectivity index (χ4n) is 4.12. The van der Waals surface area contributed by atoms with Crippen molar-refractivity contribution in [1.82, 2.24) is 14.8 Å². The van der Waals surface area contributed by atoms with Gasteiger partial charge in [0.05, 0.1) is 5.56 Å². The van der Waals surface area contributed by atoms with Crippen molar-refractivity contribution in [1.29, 1.82) is 0 Å². The van der Waals surface area contributed by atoms with Gasteiger partial charge in [-0.25, -0.2) is 4.98 Å². The van der Waals surface area contributed by atoms with E-state index < -0.39 is 6.36 Å². The number of carbonyl (C=O) groups is 1. The summed E-state index contributed by atoms with van der Waals surface area (Å²) in [5, 5.41) is 0. The van der Waals surface area contributed by atoms with E-state index in [1.165, 1.54) is 31.2 Å². The molecule has 0 aliphatic carbocycles. The maximum Gasteiger partial charge on any atom is 0.573 e. The quantitative estimate of drug-likeness (QED) is 0.529. The molecule has 6 nitrogen and oxygen atoms in total. The Morgan fingerprint density at radius 1 is 0.970 bits per heavy atom. The number of nitrogens with zero attached hydrogens (tertiary/aromatic N) is 3. The number of hydrogen-bond donors (Lipinski definition) is 0. The number of rotatable bonds is 6. The number of aromatic nitrogens is 1. The van der Waals surface area contributed by atoms with Crippen LogP contribution in [-0.4, -0.2) is 59.3 Å². The number of hydrogen-bond acceptors (Lipinski definition) is 5. The van der Waals surface area contributed by atoms with Crippen molar-refractivity contribution >= 4 is 30.7 Å². The summed E-state index contributed by atoms with van der Waals surface area (Å²) >= 11 is 0. The van der Waals surface area contributed by atoms with E-state index in [0.29, 0.717) is 11.3 Å². The minimum atomic E-state index is -4.74. The summed E-state index contributed by atoms with van der Waals surface area (Å²) in [5.41, 5.74) is 0.495. The van der Waals surface area contributed by atoms with Gasteiger partial charge in [0.2, 0.25) is 5.88 Å². The highest BCUT2D eigenvalue weighted by molar-refractivity contribution is 5.94. The molecule has 182 valence electrons. The summed E-state index contributed by atoms with van der Waals surface area (Å²) in [7, 11) is 0. The first-order chi connectivity index (χ1) is 14.9. The van der Waals surface area contributed by atoms with Crippen molar-refractivity contribution in [3.63, 3.8) is 0 Å². The molecule has 4 rings (SSSR count). The Labute approximate surface area is 202 Å². The van der Waals surface area contributed by atoms with E-state index in [-0.39, 0.29) is 48.4 Å². The van der Waals surface area contributed by atoms with Gasteiger partial charge >= 0.3 is 6.36 Å². The predicted octanol–water partition coefficient (Wildman–Crippen LogP) is 5.32. The summed E-state index contributed by atoms with van der Waals surface area (Å²) in [6.45, 7) is 3.89. The zero-order chi connectivity index (χ0) is 21.8. The molecule has 0 radical (unpaired) electrons. The number of ether oxygens (including phenoxy) is 2. The summed E-state index contributed by atoms with van der Waals surface area (Å²) < 4.78 is 46.1. The fourth-order valence-corrected chi connectivity index (χ4v) is 4.12. The van der Waals surface area contributed by atoms with Crippen molar-refractivity contribution in [3.05, 3.63) is 48.2 Å². The van der Waals surface area contributed by atoms with Crippen molar-refractivity contribution < 1.29 is 27.4 Å². The molecule has 0 unspecified atom stereocenters. The number of benzene rings is 1. The van der Waals surface area contributed by atoms with Crippen LogP contribution in [0.1, 0.15) is 36.0 Å². The van der Waals surface area contributed by atoms with Crippen LogP contribution in [0.15, 0.2) is 42.6 Å². The van der Waals surface area contributed by atoms with Crippen LogP contribution in [-0.2, 0) is 0 Å². The fraction of sp³-hybridized carbons (Fsp3) is 0.455. The van der Waals surface area contributed by atoms with Gasteiger partial charge in [-0.15, -0.1) is 38.0 Å². The average molecular weight is 508 g/mol. The monoisotopic (exact) mass is 507 g/mol. The van der Waals surface area contributed by atoms with Crippen molar-refractivity contribution in [2.75, 3.05) is 26.2 Å². The second kappa shape index (κ2) is 11.8. The summed E-state index contributed by atoms with van der Waals surface area (Å²) in [4.78, 5) is 21.5. The first-order valence-corrected chi connectivity index (χ1v) is 10.4. The van der Waals surface area contributed by atoms with Crippen LogP contribution in [0.5, 0.6) is 17.4 Å². The van der Waals surface area contributed by atoms with Crippen molar-refractivity contribution in [2.45, 2.75) is 38.1 Å². The molecule has 0 bridgehead atoms. The second-order valence-electron chi connectivity index (χ2n) is 7.81. The molecule has 2 aliphatic rings. The Balaban J connectivity index is 0.00000193. The number of carbonyl (C=O) groups excluding carboxylic acids is 1. The Kier molecular flexibility index (Phi) is 9.63. The maximum absolute atomic E-state index is 13.0. The zero-order valence-corrected chi connectivity index (χ0v) is 19.4. The third-order valence-corrected chi connectivity index (χ3v) is 5.57. The number of likely N-dealkylation sites (tertiary alicyclic amines) is 2. The summed E-state index contributed by atoms with van der Waals surface area (Å²) in [5.74, 6) is 0.194. The minimum absolute atomic E-state index is 0. The first-order valence-electron chi connectivity index (χ1n) is 10.4. The van der Waals surface area contributed by atoms with Crippen LogP contribution < -0.4 is 9.47 Å². The average Bonchev–Trinajstić information content (AvgIpc) is 3.41. The Bertz CT molecular complexity index is 892. The molecule has 0 spiro atoms. The molecule has 1 aromatic carbocycles. The third-order valence-electron chi connectivity index (χ3n) is 5.57. The van der Waals surface area contributed by atoms with Gasteiger partial charge in [0.15, 0.2) is 0 Å². The van der Waals surface area contributed by atoms with Gasteiger partial charge in [0.25, 0.3) is 5.91 Å². The second-order valence-corrected chi connectivity index (χ2v) is 7.81. The summed E-state index contributed by atoms with van der Waals surface area (Å²) in [6.07, 6.45) is 1.21. The van der Waals surface area contributed by atoms with Crippen LogP contribution in [0.25, 0.3) is 0 Å². The van der Waals surface area contributed by atoms with Gasteiger partial charge in [-0.05, 0) is 69.1 Å². The molecule has 2 aromatic rings. The van der Waals surface area contributed by atoms with E-state index in [4.69, 9.17) is 4.74 Å². The van der Waals surface area contributed by atoms with Crippen LogP contribution in [0.4, 0.5) is 13.2 Å². The lowest BCUT2D eigenvalue weighted by Gasteiger charge is -2.28.